The van der Waals surface area contributed by atoms with Crippen LogP contribution in [0, 0.1) is 0 Å². The Hall–Kier alpha value is -2.28. The first-order valence-corrected chi connectivity index (χ1v) is 8.60. The second-order valence-electron chi connectivity index (χ2n) is 6.09. The summed E-state index contributed by atoms with van der Waals surface area (Å²) in [5, 5.41) is 9.00. The zero-order valence-electron chi connectivity index (χ0n) is 12.7. The fourth-order valence-electron chi connectivity index (χ4n) is 3.67. The van der Waals surface area contributed by atoms with Crippen LogP contribution in [0.25, 0.3) is 43.4 Å². The third-order valence-electron chi connectivity index (χ3n) is 4.75. The molecule has 5 aromatic rings. The minimum absolute atomic E-state index is 0.695. The summed E-state index contributed by atoms with van der Waals surface area (Å²) in [6.45, 7) is 0. The Labute approximate surface area is 149 Å². The molecule has 0 atom stereocenters. The average Bonchev–Trinajstić information content (AvgIpc) is 2.62. The molecule has 114 valence electrons. The highest BCUT2D eigenvalue weighted by molar-refractivity contribution is 6.36. The number of benzene rings is 5. The molecule has 24 heavy (non-hydrogen) atoms. The second-order valence-corrected chi connectivity index (χ2v) is 6.94. The van der Waals surface area contributed by atoms with Crippen molar-refractivity contribution in [3.8, 4) is 11.1 Å². The molecule has 2 heteroatoms. The van der Waals surface area contributed by atoms with E-state index >= 15 is 0 Å². The lowest BCUT2D eigenvalue weighted by Crippen LogP contribution is -1.87. The Kier molecular flexibility index (Phi) is 3.00. The first kappa shape index (κ1) is 14.1. The summed E-state index contributed by atoms with van der Waals surface area (Å²) >= 11 is 12.7. The predicted molar refractivity (Wildman–Crippen MR) is 106 cm³/mol. The van der Waals surface area contributed by atoms with Gasteiger partial charge in [-0.2, -0.15) is 0 Å². The Bertz CT molecular complexity index is 1210. The van der Waals surface area contributed by atoms with E-state index in [1.807, 2.05) is 18.2 Å². The second kappa shape index (κ2) is 5.11. The molecule has 0 spiro atoms. The monoisotopic (exact) mass is 346 g/mol. The molecule has 0 nitrogen and oxygen atoms in total. The highest BCUT2D eigenvalue weighted by Crippen LogP contribution is 2.41. The van der Waals surface area contributed by atoms with Crippen molar-refractivity contribution < 1.29 is 0 Å². The molecule has 0 saturated heterocycles. The van der Waals surface area contributed by atoms with Crippen molar-refractivity contribution >= 4 is 55.5 Å². The maximum Gasteiger partial charge on any atom is 0.0485 e. The Morgan fingerprint density at radius 2 is 1.21 bits per heavy atom. The van der Waals surface area contributed by atoms with Gasteiger partial charge in [0.05, 0.1) is 0 Å². The van der Waals surface area contributed by atoms with Gasteiger partial charge >= 0.3 is 0 Å². The normalized spacial score (nSPS) is 11.8. The van der Waals surface area contributed by atoms with Gasteiger partial charge in [0.2, 0.25) is 0 Å². The maximum atomic E-state index is 6.46. The number of hydrogen-bond donors (Lipinski definition) is 0. The van der Waals surface area contributed by atoms with Crippen molar-refractivity contribution in [1.82, 2.24) is 0 Å². The van der Waals surface area contributed by atoms with Crippen molar-refractivity contribution in [2.75, 3.05) is 0 Å². The lowest BCUT2D eigenvalue weighted by atomic mass is 9.90. The highest BCUT2D eigenvalue weighted by atomic mass is 35.5. The molecule has 5 rings (SSSR count). The lowest BCUT2D eigenvalue weighted by molar-refractivity contribution is 1.66. The van der Waals surface area contributed by atoms with E-state index in [4.69, 9.17) is 23.2 Å². The molecule has 0 unspecified atom stereocenters. The molecule has 0 amide bonds. The molecule has 0 fully saturated rings. The molecule has 0 aliphatic rings. The largest absolute Gasteiger partial charge is 0.0843 e. The van der Waals surface area contributed by atoms with E-state index in [0.29, 0.717) is 5.02 Å². The van der Waals surface area contributed by atoms with Crippen molar-refractivity contribution in [3.05, 3.63) is 82.8 Å². The van der Waals surface area contributed by atoms with E-state index in [9.17, 15) is 0 Å². The summed E-state index contributed by atoms with van der Waals surface area (Å²) in [6.07, 6.45) is 0. The van der Waals surface area contributed by atoms with Gasteiger partial charge < -0.3 is 0 Å². The summed E-state index contributed by atoms with van der Waals surface area (Å²) in [4.78, 5) is 0. The van der Waals surface area contributed by atoms with E-state index in [2.05, 4.69) is 54.6 Å². The Morgan fingerprint density at radius 3 is 2.00 bits per heavy atom. The third kappa shape index (κ3) is 1.94. The van der Waals surface area contributed by atoms with Crippen LogP contribution in [0.2, 0.25) is 10.0 Å². The minimum atomic E-state index is 0.695. The molecular weight excluding hydrogens is 335 g/mol. The van der Waals surface area contributed by atoms with Crippen LogP contribution in [-0.2, 0) is 0 Å². The standard InChI is InChI=1S/C22H12Cl2/c23-16-8-11-20(24)19(12-16)17-9-6-15-5-4-13-2-1-3-14-7-10-18(17)22(15)21(13)14/h1-12H. The molecule has 0 N–H and O–H groups in total. The van der Waals surface area contributed by atoms with E-state index in [1.165, 1.54) is 32.3 Å². The van der Waals surface area contributed by atoms with Crippen LogP contribution < -0.4 is 0 Å². The average molecular weight is 347 g/mol. The summed E-state index contributed by atoms with van der Waals surface area (Å²) in [6, 6.07) is 25.1. The van der Waals surface area contributed by atoms with Crippen molar-refractivity contribution in [1.29, 1.82) is 0 Å². The highest BCUT2D eigenvalue weighted by Gasteiger charge is 2.13. The van der Waals surface area contributed by atoms with Crippen LogP contribution in [0.5, 0.6) is 0 Å². The molecule has 0 saturated carbocycles. The Morgan fingerprint density at radius 1 is 0.542 bits per heavy atom. The third-order valence-corrected chi connectivity index (χ3v) is 5.31. The van der Waals surface area contributed by atoms with Gasteiger partial charge in [-0.1, -0.05) is 77.8 Å². The van der Waals surface area contributed by atoms with Crippen molar-refractivity contribution in [3.63, 3.8) is 0 Å². The topological polar surface area (TPSA) is 0 Å². The van der Waals surface area contributed by atoms with Gasteiger partial charge in [0.25, 0.3) is 0 Å². The first-order valence-electron chi connectivity index (χ1n) is 7.84. The molecule has 0 aliphatic carbocycles. The predicted octanol–water partition coefficient (Wildman–Crippen LogP) is 7.56. The SMILES string of the molecule is Clc1ccc(Cl)c(-c2ccc3ccc4cccc5ccc2c3c45)c1. The minimum Gasteiger partial charge on any atom is -0.0843 e. The van der Waals surface area contributed by atoms with Crippen LogP contribution >= 0.6 is 23.2 Å². The van der Waals surface area contributed by atoms with Gasteiger partial charge in [-0.25, -0.2) is 0 Å². The smallest absolute Gasteiger partial charge is 0.0485 e. The number of rotatable bonds is 1. The molecule has 0 radical (unpaired) electrons. The van der Waals surface area contributed by atoms with Gasteiger partial charge in [0.1, 0.15) is 0 Å². The van der Waals surface area contributed by atoms with Crippen LogP contribution in [0.3, 0.4) is 0 Å². The van der Waals surface area contributed by atoms with Gasteiger partial charge in [0, 0.05) is 15.6 Å². The molecule has 0 heterocycles. The van der Waals surface area contributed by atoms with Crippen molar-refractivity contribution in [2.45, 2.75) is 0 Å². The first-order chi connectivity index (χ1) is 11.7. The molecule has 0 bridgehead atoms. The van der Waals surface area contributed by atoms with E-state index in [0.717, 1.165) is 16.1 Å². The summed E-state index contributed by atoms with van der Waals surface area (Å²) in [5.74, 6) is 0. The molecule has 0 aliphatic heterocycles. The molecule has 0 aromatic heterocycles. The number of hydrogen-bond acceptors (Lipinski definition) is 0. The molecule has 5 aromatic carbocycles. The fraction of sp³-hybridized carbons (Fsp3) is 0. The van der Waals surface area contributed by atoms with Crippen LogP contribution in [0.4, 0.5) is 0 Å². The van der Waals surface area contributed by atoms with Crippen LogP contribution in [0.15, 0.2) is 72.8 Å². The van der Waals surface area contributed by atoms with E-state index in [-0.39, 0.29) is 0 Å². The quantitative estimate of drug-likeness (QED) is 0.275. The number of halogens is 2. The van der Waals surface area contributed by atoms with E-state index < -0.39 is 0 Å². The van der Waals surface area contributed by atoms with Crippen LogP contribution in [-0.4, -0.2) is 0 Å². The maximum absolute atomic E-state index is 6.46. The van der Waals surface area contributed by atoms with Crippen LogP contribution in [0.1, 0.15) is 0 Å². The van der Waals surface area contributed by atoms with E-state index in [1.54, 1.807) is 0 Å². The van der Waals surface area contributed by atoms with Crippen molar-refractivity contribution in [2.24, 2.45) is 0 Å². The summed E-state index contributed by atoms with van der Waals surface area (Å²) in [7, 11) is 0. The zero-order valence-corrected chi connectivity index (χ0v) is 14.2. The van der Waals surface area contributed by atoms with Gasteiger partial charge in [-0.05, 0) is 56.1 Å². The lowest BCUT2D eigenvalue weighted by Gasteiger charge is -2.15. The van der Waals surface area contributed by atoms with Gasteiger partial charge in [-0.3, -0.25) is 0 Å². The summed E-state index contributed by atoms with van der Waals surface area (Å²) in [5.41, 5.74) is 2.09. The Balaban J connectivity index is 1.99. The molecular formula is C22H12Cl2. The fourth-order valence-corrected chi connectivity index (χ4v) is 4.07. The van der Waals surface area contributed by atoms with Gasteiger partial charge in [-0.15, -0.1) is 0 Å². The van der Waals surface area contributed by atoms with Gasteiger partial charge in [0.15, 0.2) is 0 Å². The zero-order chi connectivity index (χ0) is 16.3. The summed E-state index contributed by atoms with van der Waals surface area (Å²) < 4.78 is 0.